The fraction of sp³-hybridized carbons (Fsp3) is 0.300. The fourth-order valence-corrected chi connectivity index (χ4v) is 3.20. The summed E-state index contributed by atoms with van der Waals surface area (Å²) in [6.45, 7) is 6.67. The Balaban J connectivity index is 1.59. The van der Waals surface area contributed by atoms with E-state index in [1.807, 2.05) is 11.8 Å². The van der Waals surface area contributed by atoms with Crippen molar-refractivity contribution in [2.45, 2.75) is 19.8 Å². The third kappa shape index (κ3) is 4.71. The molecule has 1 fully saturated rings. The minimum atomic E-state index is -0.281. The molecule has 6 nitrogen and oxygen atoms in total. The second kappa shape index (κ2) is 8.31. The lowest BCUT2D eigenvalue weighted by atomic mass is 10.0. The number of likely N-dealkylation sites (tertiary alicyclic amines) is 1. The Labute approximate surface area is 163 Å². The molecule has 1 saturated heterocycles. The van der Waals surface area contributed by atoms with Gasteiger partial charge in [-0.1, -0.05) is 18.2 Å². The summed E-state index contributed by atoms with van der Waals surface area (Å²) in [5.74, 6) is 0.808. The van der Waals surface area contributed by atoms with Gasteiger partial charge in [-0.3, -0.25) is 9.59 Å². The van der Waals surface area contributed by atoms with Gasteiger partial charge in [-0.25, -0.2) is 9.97 Å². The highest BCUT2D eigenvalue weighted by molar-refractivity contribution is 6.31. The summed E-state index contributed by atoms with van der Waals surface area (Å²) >= 11 is 5.97. The van der Waals surface area contributed by atoms with E-state index in [4.69, 9.17) is 11.6 Å². The van der Waals surface area contributed by atoms with Gasteiger partial charge in [0.25, 0.3) is 5.91 Å². The van der Waals surface area contributed by atoms with Crippen LogP contribution in [0.15, 0.2) is 43.1 Å². The maximum atomic E-state index is 12.7. The topological polar surface area (TPSA) is 75.2 Å². The molecule has 0 spiro atoms. The first-order valence-corrected chi connectivity index (χ1v) is 9.15. The maximum absolute atomic E-state index is 12.7. The van der Waals surface area contributed by atoms with Crippen molar-refractivity contribution in [1.29, 1.82) is 0 Å². The van der Waals surface area contributed by atoms with Crippen molar-refractivity contribution in [2.24, 2.45) is 5.92 Å². The summed E-state index contributed by atoms with van der Waals surface area (Å²) in [6, 6.07) is 6.87. The zero-order valence-electron chi connectivity index (χ0n) is 15.1. The van der Waals surface area contributed by atoms with Crippen LogP contribution in [-0.4, -0.2) is 39.8 Å². The second-order valence-corrected chi connectivity index (χ2v) is 7.01. The molecule has 0 aliphatic carbocycles. The van der Waals surface area contributed by atoms with E-state index in [1.54, 1.807) is 30.5 Å². The SMILES string of the molecule is C=CC(=O)Nc1ccc(C(=O)N2CC[C@@H](Cc3ncc(Cl)c(C)n3)C2)cc1. The van der Waals surface area contributed by atoms with Gasteiger partial charge in [-0.05, 0) is 49.6 Å². The number of benzene rings is 1. The van der Waals surface area contributed by atoms with Crippen molar-refractivity contribution in [3.63, 3.8) is 0 Å². The van der Waals surface area contributed by atoms with E-state index in [-0.39, 0.29) is 11.8 Å². The number of nitrogens with zero attached hydrogens (tertiary/aromatic N) is 3. The molecule has 2 heterocycles. The minimum Gasteiger partial charge on any atom is -0.338 e. The molecule has 1 aliphatic rings. The number of amides is 2. The molecule has 140 valence electrons. The Kier molecular flexibility index (Phi) is 5.86. The Morgan fingerprint density at radius 1 is 1.37 bits per heavy atom. The van der Waals surface area contributed by atoms with E-state index < -0.39 is 0 Å². The van der Waals surface area contributed by atoms with Crippen LogP contribution in [0.5, 0.6) is 0 Å². The molecule has 3 rings (SSSR count). The van der Waals surface area contributed by atoms with Gasteiger partial charge in [0, 0.05) is 37.0 Å². The van der Waals surface area contributed by atoms with Crippen LogP contribution < -0.4 is 5.32 Å². The van der Waals surface area contributed by atoms with E-state index in [1.165, 1.54) is 6.08 Å². The number of carbonyl (C=O) groups is 2. The molecule has 2 aromatic rings. The second-order valence-electron chi connectivity index (χ2n) is 6.60. The van der Waals surface area contributed by atoms with Crippen LogP contribution in [0.1, 0.15) is 28.3 Å². The standard InChI is InChI=1S/C20H21ClN4O2/c1-3-19(26)24-16-6-4-15(5-7-16)20(27)25-9-8-14(12-25)10-18-22-11-17(21)13(2)23-18/h3-7,11,14H,1,8-10,12H2,2H3,(H,24,26)/t14-/m0/s1. The smallest absolute Gasteiger partial charge is 0.253 e. The highest BCUT2D eigenvalue weighted by atomic mass is 35.5. The molecule has 1 N–H and O–H groups in total. The quantitative estimate of drug-likeness (QED) is 0.803. The van der Waals surface area contributed by atoms with Crippen molar-refractivity contribution in [1.82, 2.24) is 14.9 Å². The predicted octanol–water partition coefficient (Wildman–Crippen LogP) is 3.27. The Morgan fingerprint density at radius 3 is 2.78 bits per heavy atom. The van der Waals surface area contributed by atoms with Gasteiger partial charge >= 0.3 is 0 Å². The Hall–Kier alpha value is -2.73. The summed E-state index contributed by atoms with van der Waals surface area (Å²) in [5.41, 5.74) is 2.01. The normalized spacial score (nSPS) is 16.2. The zero-order valence-corrected chi connectivity index (χ0v) is 15.9. The van der Waals surface area contributed by atoms with Gasteiger partial charge in [-0.15, -0.1) is 0 Å². The highest BCUT2D eigenvalue weighted by Gasteiger charge is 2.27. The van der Waals surface area contributed by atoms with Crippen LogP contribution in [0.3, 0.4) is 0 Å². The first kappa shape index (κ1) is 19.0. The first-order valence-electron chi connectivity index (χ1n) is 8.77. The monoisotopic (exact) mass is 384 g/mol. The molecule has 1 aromatic heterocycles. The van der Waals surface area contributed by atoms with Crippen molar-refractivity contribution >= 4 is 29.1 Å². The summed E-state index contributed by atoms with van der Waals surface area (Å²) < 4.78 is 0. The van der Waals surface area contributed by atoms with Gasteiger partial charge in [0.2, 0.25) is 5.91 Å². The molecule has 27 heavy (non-hydrogen) atoms. The molecule has 1 atom stereocenters. The molecule has 0 bridgehead atoms. The van der Waals surface area contributed by atoms with E-state index in [9.17, 15) is 9.59 Å². The third-order valence-electron chi connectivity index (χ3n) is 4.60. The zero-order chi connectivity index (χ0) is 19.4. The molecule has 0 radical (unpaired) electrons. The number of hydrogen-bond acceptors (Lipinski definition) is 4. The van der Waals surface area contributed by atoms with Crippen LogP contribution in [0.2, 0.25) is 5.02 Å². The molecular formula is C20H21ClN4O2. The molecular weight excluding hydrogens is 364 g/mol. The fourth-order valence-electron chi connectivity index (χ4n) is 3.11. The summed E-state index contributed by atoms with van der Waals surface area (Å²) in [6.07, 6.45) is 4.48. The number of hydrogen-bond donors (Lipinski definition) is 1. The predicted molar refractivity (Wildman–Crippen MR) is 105 cm³/mol. The lowest BCUT2D eigenvalue weighted by Gasteiger charge is -2.17. The van der Waals surface area contributed by atoms with Gasteiger partial charge < -0.3 is 10.2 Å². The number of carbonyl (C=O) groups excluding carboxylic acids is 2. The first-order chi connectivity index (χ1) is 13.0. The van der Waals surface area contributed by atoms with Gasteiger partial charge in [0.15, 0.2) is 0 Å². The minimum absolute atomic E-state index is 0.00713. The Morgan fingerprint density at radius 2 is 2.11 bits per heavy atom. The van der Waals surface area contributed by atoms with Crippen LogP contribution in [0.4, 0.5) is 5.69 Å². The highest BCUT2D eigenvalue weighted by Crippen LogP contribution is 2.23. The van der Waals surface area contributed by atoms with Crippen LogP contribution in [0.25, 0.3) is 0 Å². The van der Waals surface area contributed by atoms with Gasteiger partial charge in [0.1, 0.15) is 5.82 Å². The molecule has 0 saturated carbocycles. The van der Waals surface area contributed by atoms with Crippen molar-refractivity contribution in [2.75, 3.05) is 18.4 Å². The van der Waals surface area contributed by atoms with Gasteiger partial charge in [-0.2, -0.15) is 0 Å². The molecule has 1 aromatic carbocycles. The van der Waals surface area contributed by atoms with Crippen LogP contribution in [0, 0.1) is 12.8 Å². The van der Waals surface area contributed by atoms with E-state index in [2.05, 4.69) is 21.9 Å². The summed E-state index contributed by atoms with van der Waals surface area (Å²) in [5, 5.41) is 3.23. The van der Waals surface area contributed by atoms with Gasteiger partial charge in [0.05, 0.1) is 10.7 Å². The number of anilines is 1. The summed E-state index contributed by atoms with van der Waals surface area (Å²) in [7, 11) is 0. The number of nitrogens with one attached hydrogen (secondary N) is 1. The molecule has 0 unspecified atom stereocenters. The molecule has 7 heteroatoms. The Bertz CT molecular complexity index is 867. The lowest BCUT2D eigenvalue weighted by Crippen LogP contribution is -2.29. The van der Waals surface area contributed by atoms with E-state index in [0.29, 0.717) is 35.3 Å². The maximum Gasteiger partial charge on any atom is 0.253 e. The van der Waals surface area contributed by atoms with Crippen LogP contribution in [-0.2, 0) is 11.2 Å². The third-order valence-corrected chi connectivity index (χ3v) is 4.97. The number of aromatic nitrogens is 2. The van der Waals surface area contributed by atoms with Crippen LogP contribution >= 0.6 is 11.6 Å². The van der Waals surface area contributed by atoms with Crippen molar-refractivity contribution in [3.05, 3.63) is 65.2 Å². The van der Waals surface area contributed by atoms with E-state index in [0.717, 1.165) is 24.4 Å². The summed E-state index contributed by atoms with van der Waals surface area (Å²) in [4.78, 5) is 34.6. The number of rotatable bonds is 5. The average Bonchev–Trinajstić information content (AvgIpc) is 3.13. The number of halogens is 1. The lowest BCUT2D eigenvalue weighted by molar-refractivity contribution is -0.111. The number of aryl methyl sites for hydroxylation is 1. The van der Waals surface area contributed by atoms with E-state index >= 15 is 0 Å². The molecule has 1 aliphatic heterocycles. The van der Waals surface area contributed by atoms with Crippen molar-refractivity contribution in [3.8, 4) is 0 Å². The average molecular weight is 385 g/mol. The largest absolute Gasteiger partial charge is 0.338 e. The molecule has 2 amide bonds. The van der Waals surface area contributed by atoms with Crippen molar-refractivity contribution < 1.29 is 9.59 Å².